The van der Waals surface area contributed by atoms with Gasteiger partial charge in [-0.15, -0.1) is 0 Å². The predicted molar refractivity (Wildman–Crippen MR) is 113 cm³/mol. The topological polar surface area (TPSA) is 66.5 Å². The number of nitrogens with one attached hydrogen (secondary N) is 1. The van der Waals surface area contributed by atoms with E-state index in [1.54, 1.807) is 11.8 Å². The Labute approximate surface area is 179 Å². The molecule has 2 aromatic rings. The average molecular weight is 455 g/mol. The van der Waals surface area contributed by atoms with Crippen LogP contribution in [0.1, 0.15) is 18.4 Å². The van der Waals surface area contributed by atoms with Gasteiger partial charge < -0.3 is 5.32 Å². The van der Waals surface area contributed by atoms with Crippen molar-refractivity contribution in [3.05, 3.63) is 65.7 Å². The summed E-state index contributed by atoms with van der Waals surface area (Å²) in [5.74, 6) is -0.927. The van der Waals surface area contributed by atoms with E-state index in [4.69, 9.17) is 0 Å². The van der Waals surface area contributed by atoms with Gasteiger partial charge in [0.2, 0.25) is 15.9 Å². The molecule has 30 heavy (non-hydrogen) atoms. The third-order valence-corrected chi connectivity index (χ3v) is 7.94. The summed E-state index contributed by atoms with van der Waals surface area (Å²) in [6.07, 6.45) is 0.789. The Balaban J connectivity index is 1.42. The van der Waals surface area contributed by atoms with Crippen LogP contribution in [0.25, 0.3) is 0 Å². The zero-order valence-electron chi connectivity index (χ0n) is 16.4. The summed E-state index contributed by atoms with van der Waals surface area (Å²) in [5, 5.41) is 2.92. The lowest BCUT2D eigenvalue weighted by Crippen LogP contribution is -2.43. The minimum Gasteiger partial charge on any atom is -0.355 e. The Bertz CT molecular complexity index is 963. The van der Waals surface area contributed by atoms with Crippen LogP contribution in [0.5, 0.6) is 0 Å². The third-order valence-electron chi connectivity index (χ3n) is 5.01. The minimum atomic E-state index is -3.91. The first-order valence-corrected chi connectivity index (χ1v) is 12.3. The number of carbonyl (C=O) groups excluding carboxylic acids is 1. The summed E-state index contributed by atoms with van der Waals surface area (Å²) in [4.78, 5) is 12.1. The van der Waals surface area contributed by atoms with Gasteiger partial charge >= 0.3 is 0 Å². The Morgan fingerprint density at radius 2 is 1.77 bits per heavy atom. The predicted octanol–water partition coefficient (Wildman–Crippen LogP) is 3.42. The van der Waals surface area contributed by atoms with E-state index in [1.807, 2.05) is 18.2 Å². The number of nitrogens with zero attached hydrogens (tertiary/aromatic N) is 1. The number of halogens is 2. The first kappa shape index (κ1) is 22.7. The van der Waals surface area contributed by atoms with Crippen LogP contribution in [0.3, 0.4) is 0 Å². The highest BCUT2D eigenvalue weighted by Crippen LogP contribution is 2.25. The highest BCUT2D eigenvalue weighted by atomic mass is 32.2. The lowest BCUT2D eigenvalue weighted by molar-refractivity contribution is -0.125. The molecule has 0 radical (unpaired) electrons. The van der Waals surface area contributed by atoms with E-state index in [-0.39, 0.29) is 29.8 Å². The second-order valence-corrected chi connectivity index (χ2v) is 10.1. The van der Waals surface area contributed by atoms with Crippen molar-refractivity contribution in [2.45, 2.75) is 23.5 Å². The van der Waals surface area contributed by atoms with E-state index in [9.17, 15) is 22.0 Å². The van der Waals surface area contributed by atoms with Crippen molar-refractivity contribution in [3.8, 4) is 0 Å². The zero-order valence-corrected chi connectivity index (χ0v) is 18.0. The second kappa shape index (κ2) is 10.4. The average Bonchev–Trinajstić information content (AvgIpc) is 2.76. The molecule has 0 bridgehead atoms. The van der Waals surface area contributed by atoms with Crippen LogP contribution < -0.4 is 5.32 Å². The van der Waals surface area contributed by atoms with Crippen molar-refractivity contribution in [1.82, 2.24) is 9.62 Å². The maximum Gasteiger partial charge on any atom is 0.243 e. The van der Waals surface area contributed by atoms with Crippen molar-refractivity contribution < 1.29 is 22.0 Å². The van der Waals surface area contributed by atoms with Gasteiger partial charge in [-0.1, -0.05) is 30.3 Å². The maximum atomic E-state index is 13.4. The molecular weight excluding hydrogens is 430 g/mol. The Kier molecular flexibility index (Phi) is 7.85. The number of hydrogen-bond donors (Lipinski definition) is 1. The van der Waals surface area contributed by atoms with Gasteiger partial charge in [0.1, 0.15) is 0 Å². The number of thioether (sulfide) groups is 1. The van der Waals surface area contributed by atoms with Gasteiger partial charge in [-0.2, -0.15) is 16.1 Å². The molecule has 1 saturated heterocycles. The standard InChI is InChI=1S/C21H24F2N2O3S2/c22-19-7-6-18(14-20(19)23)30(27,28)25-11-8-17(9-12-25)21(26)24-10-13-29-15-16-4-2-1-3-5-16/h1-7,14,17H,8-13,15H2,(H,24,26). The van der Waals surface area contributed by atoms with Crippen LogP contribution >= 0.6 is 11.8 Å². The van der Waals surface area contributed by atoms with Crippen LogP contribution in [-0.4, -0.2) is 44.0 Å². The molecule has 1 N–H and O–H groups in total. The molecule has 5 nitrogen and oxygen atoms in total. The lowest BCUT2D eigenvalue weighted by atomic mass is 9.97. The SMILES string of the molecule is O=C(NCCSCc1ccccc1)C1CCN(S(=O)(=O)c2ccc(F)c(F)c2)CC1. The van der Waals surface area contributed by atoms with Gasteiger partial charge in [0.05, 0.1) is 4.90 Å². The molecule has 1 aliphatic heterocycles. The highest BCUT2D eigenvalue weighted by molar-refractivity contribution is 7.98. The number of sulfonamides is 1. The van der Waals surface area contributed by atoms with Crippen molar-refractivity contribution in [2.24, 2.45) is 5.92 Å². The molecule has 1 amide bonds. The molecule has 0 unspecified atom stereocenters. The Hall–Kier alpha value is -1.97. The number of carbonyl (C=O) groups is 1. The van der Waals surface area contributed by atoms with E-state index in [2.05, 4.69) is 17.4 Å². The first-order chi connectivity index (χ1) is 14.4. The molecular formula is C21H24F2N2O3S2. The van der Waals surface area contributed by atoms with E-state index < -0.39 is 21.7 Å². The molecule has 2 aromatic carbocycles. The molecule has 162 valence electrons. The van der Waals surface area contributed by atoms with Crippen LogP contribution in [0.15, 0.2) is 53.4 Å². The highest BCUT2D eigenvalue weighted by Gasteiger charge is 2.32. The van der Waals surface area contributed by atoms with Gasteiger partial charge in [0, 0.05) is 37.1 Å². The number of piperidine rings is 1. The molecule has 0 saturated carbocycles. The minimum absolute atomic E-state index is 0.0693. The summed E-state index contributed by atoms with van der Waals surface area (Å²) in [5.41, 5.74) is 1.24. The fraction of sp³-hybridized carbons (Fsp3) is 0.381. The first-order valence-electron chi connectivity index (χ1n) is 9.72. The second-order valence-electron chi connectivity index (χ2n) is 7.08. The molecule has 0 aliphatic carbocycles. The number of amides is 1. The van der Waals surface area contributed by atoms with E-state index in [0.717, 1.165) is 23.6 Å². The fourth-order valence-electron chi connectivity index (χ4n) is 3.30. The van der Waals surface area contributed by atoms with Crippen molar-refractivity contribution >= 4 is 27.7 Å². The molecule has 0 atom stereocenters. The smallest absolute Gasteiger partial charge is 0.243 e. The summed E-state index contributed by atoms with van der Waals surface area (Å²) in [6, 6.07) is 12.6. The molecule has 1 fully saturated rings. The largest absolute Gasteiger partial charge is 0.355 e. The van der Waals surface area contributed by atoms with Crippen LogP contribution in [0.4, 0.5) is 8.78 Å². The van der Waals surface area contributed by atoms with Crippen molar-refractivity contribution in [1.29, 1.82) is 0 Å². The van der Waals surface area contributed by atoms with Crippen LogP contribution in [0.2, 0.25) is 0 Å². The lowest BCUT2D eigenvalue weighted by Gasteiger charge is -2.30. The third kappa shape index (κ3) is 5.80. The summed E-state index contributed by atoms with van der Waals surface area (Å²) in [7, 11) is -3.91. The summed E-state index contributed by atoms with van der Waals surface area (Å²) in [6.45, 7) is 0.897. The van der Waals surface area contributed by atoms with E-state index in [0.29, 0.717) is 25.5 Å². The van der Waals surface area contributed by atoms with Crippen LogP contribution in [-0.2, 0) is 20.6 Å². The molecule has 9 heteroatoms. The fourth-order valence-corrected chi connectivity index (χ4v) is 5.60. The Morgan fingerprint density at radius 1 is 1.07 bits per heavy atom. The van der Waals surface area contributed by atoms with E-state index >= 15 is 0 Å². The van der Waals surface area contributed by atoms with Gasteiger partial charge in [0.15, 0.2) is 11.6 Å². The quantitative estimate of drug-likeness (QED) is 0.621. The normalized spacial score (nSPS) is 15.8. The van der Waals surface area contributed by atoms with Gasteiger partial charge in [-0.3, -0.25) is 4.79 Å². The summed E-state index contributed by atoms with van der Waals surface area (Å²) < 4.78 is 52.9. The number of rotatable bonds is 8. The maximum absolute atomic E-state index is 13.4. The molecule has 0 spiro atoms. The molecule has 3 rings (SSSR count). The Morgan fingerprint density at radius 3 is 2.43 bits per heavy atom. The molecule has 1 heterocycles. The van der Waals surface area contributed by atoms with Gasteiger partial charge in [-0.25, -0.2) is 17.2 Å². The number of benzene rings is 2. The molecule has 0 aromatic heterocycles. The van der Waals surface area contributed by atoms with Crippen molar-refractivity contribution in [2.75, 3.05) is 25.4 Å². The van der Waals surface area contributed by atoms with Gasteiger partial charge in [-0.05, 0) is 36.6 Å². The molecule has 1 aliphatic rings. The van der Waals surface area contributed by atoms with Crippen molar-refractivity contribution in [3.63, 3.8) is 0 Å². The van der Waals surface area contributed by atoms with Gasteiger partial charge in [0.25, 0.3) is 0 Å². The van der Waals surface area contributed by atoms with Crippen LogP contribution in [0, 0.1) is 17.6 Å². The van der Waals surface area contributed by atoms with E-state index in [1.165, 1.54) is 9.87 Å². The monoisotopic (exact) mass is 454 g/mol. The zero-order chi connectivity index (χ0) is 21.6. The number of hydrogen-bond acceptors (Lipinski definition) is 4. The summed E-state index contributed by atoms with van der Waals surface area (Å²) >= 11 is 1.74.